The number of unbranched alkanes of at least 4 members (excludes halogenated alkanes) is 17. The quantitative estimate of drug-likeness (QED) is 0.0392. The lowest BCUT2D eigenvalue weighted by molar-refractivity contribution is -0.305. The number of esters is 1. The maximum atomic E-state index is 12.6. The lowest BCUT2D eigenvalue weighted by atomic mass is 9.99. The normalized spacial score (nSPS) is 22.7. The number of carbonyl (C=O) groups is 1. The molecular formula is C36H68O9. The number of rotatable bonds is 30. The highest BCUT2D eigenvalue weighted by Gasteiger charge is 2.44. The topological polar surface area (TPSA) is 135 Å². The number of hydrogen-bond donors (Lipinski definition) is 4. The predicted molar refractivity (Wildman–Crippen MR) is 178 cm³/mol. The van der Waals surface area contributed by atoms with Gasteiger partial charge in [0.05, 0.1) is 19.8 Å². The highest BCUT2D eigenvalue weighted by molar-refractivity contribution is 5.69. The lowest BCUT2D eigenvalue weighted by Gasteiger charge is -2.39. The van der Waals surface area contributed by atoms with Crippen molar-refractivity contribution in [2.24, 2.45) is 0 Å². The molecule has 1 aliphatic heterocycles. The van der Waals surface area contributed by atoms with Gasteiger partial charge >= 0.3 is 5.97 Å². The van der Waals surface area contributed by atoms with Crippen molar-refractivity contribution in [3.8, 4) is 0 Å². The summed E-state index contributed by atoms with van der Waals surface area (Å²) in [6, 6.07) is 0. The van der Waals surface area contributed by atoms with E-state index < -0.39 is 43.4 Å². The molecule has 0 radical (unpaired) electrons. The van der Waals surface area contributed by atoms with E-state index in [0.717, 1.165) is 44.9 Å². The Labute approximate surface area is 274 Å². The number of allylic oxidation sites excluding steroid dienone is 2. The Balaban J connectivity index is 2.36. The first kappa shape index (κ1) is 42.0. The minimum Gasteiger partial charge on any atom is -0.457 e. The second-order valence-corrected chi connectivity index (χ2v) is 12.7. The lowest BCUT2D eigenvalue weighted by Crippen LogP contribution is -2.59. The molecule has 45 heavy (non-hydrogen) atoms. The van der Waals surface area contributed by atoms with E-state index in [-0.39, 0.29) is 19.2 Å². The second kappa shape index (κ2) is 29.1. The van der Waals surface area contributed by atoms with Gasteiger partial charge in [0, 0.05) is 13.0 Å². The van der Waals surface area contributed by atoms with Crippen molar-refractivity contribution >= 4 is 5.97 Å². The van der Waals surface area contributed by atoms with Crippen molar-refractivity contribution < 1.29 is 44.2 Å². The van der Waals surface area contributed by atoms with Gasteiger partial charge in [0.1, 0.15) is 30.5 Å². The molecule has 6 atom stereocenters. The molecule has 0 amide bonds. The van der Waals surface area contributed by atoms with E-state index in [1.165, 1.54) is 83.5 Å². The molecule has 1 saturated heterocycles. The average molecular weight is 645 g/mol. The standard InChI is InChI=1S/C36H68O9/c1-3-5-7-9-11-13-15-16-17-19-21-23-25-32(38)44-30(28-42-26-24-22-20-18-14-12-10-8-6-4-2)29-43-36-35(41)34(40)33(39)31(27-37)45-36/h11,13,30-31,33-37,39-41H,3-10,12,14-29H2,1-2H3/b13-11-. The van der Waals surface area contributed by atoms with Gasteiger partial charge < -0.3 is 39.4 Å². The molecule has 0 aliphatic carbocycles. The Morgan fingerprint density at radius 2 is 1.22 bits per heavy atom. The zero-order valence-electron chi connectivity index (χ0n) is 28.6. The minimum atomic E-state index is -1.53. The molecule has 1 heterocycles. The van der Waals surface area contributed by atoms with Gasteiger partial charge in [-0.25, -0.2) is 0 Å². The molecule has 1 aliphatic rings. The van der Waals surface area contributed by atoms with Crippen LogP contribution in [0.2, 0.25) is 0 Å². The van der Waals surface area contributed by atoms with Gasteiger partial charge in [-0.15, -0.1) is 0 Å². The first-order chi connectivity index (χ1) is 21.9. The predicted octanol–water partition coefficient (Wildman–Crippen LogP) is 6.52. The van der Waals surface area contributed by atoms with Crippen LogP contribution in [-0.2, 0) is 23.7 Å². The molecule has 1 fully saturated rings. The first-order valence-electron chi connectivity index (χ1n) is 18.3. The molecule has 1 rings (SSSR count). The molecule has 9 nitrogen and oxygen atoms in total. The van der Waals surface area contributed by atoms with Crippen molar-refractivity contribution in [3.63, 3.8) is 0 Å². The van der Waals surface area contributed by atoms with Crippen LogP contribution in [0.15, 0.2) is 12.2 Å². The first-order valence-corrected chi connectivity index (χ1v) is 18.3. The fraction of sp³-hybridized carbons (Fsp3) is 0.917. The van der Waals surface area contributed by atoms with Crippen LogP contribution in [0.25, 0.3) is 0 Å². The van der Waals surface area contributed by atoms with E-state index in [0.29, 0.717) is 13.0 Å². The van der Waals surface area contributed by atoms with E-state index in [9.17, 15) is 25.2 Å². The number of aliphatic hydroxyl groups is 4. The zero-order chi connectivity index (χ0) is 33.0. The maximum Gasteiger partial charge on any atom is 0.306 e. The highest BCUT2D eigenvalue weighted by Crippen LogP contribution is 2.22. The van der Waals surface area contributed by atoms with Crippen LogP contribution in [0.1, 0.15) is 149 Å². The summed E-state index contributed by atoms with van der Waals surface area (Å²) >= 11 is 0. The molecule has 0 spiro atoms. The van der Waals surface area contributed by atoms with Crippen LogP contribution in [0.4, 0.5) is 0 Å². The van der Waals surface area contributed by atoms with Crippen molar-refractivity contribution in [1.82, 2.24) is 0 Å². The van der Waals surface area contributed by atoms with Gasteiger partial charge in [0.25, 0.3) is 0 Å². The summed E-state index contributed by atoms with van der Waals surface area (Å²) in [7, 11) is 0. The SMILES string of the molecule is CCCCC/C=C\CCCCCCCC(=O)OC(COCCCCCCCCCCCC)COC1OC(CO)C(O)C(O)C1O. The Hall–Kier alpha value is -1.07. The summed E-state index contributed by atoms with van der Waals surface area (Å²) in [5, 5.41) is 39.8. The van der Waals surface area contributed by atoms with Crippen LogP contribution < -0.4 is 0 Å². The van der Waals surface area contributed by atoms with Gasteiger partial charge in [0.15, 0.2) is 6.29 Å². The third kappa shape index (κ3) is 21.4. The fourth-order valence-electron chi connectivity index (χ4n) is 5.48. The summed E-state index contributed by atoms with van der Waals surface area (Å²) in [5.74, 6) is -0.324. The maximum absolute atomic E-state index is 12.6. The molecule has 0 aromatic carbocycles. The average Bonchev–Trinajstić information content (AvgIpc) is 3.04. The largest absolute Gasteiger partial charge is 0.457 e. The second-order valence-electron chi connectivity index (χ2n) is 12.7. The third-order valence-electron chi connectivity index (χ3n) is 8.43. The zero-order valence-corrected chi connectivity index (χ0v) is 28.6. The summed E-state index contributed by atoms with van der Waals surface area (Å²) < 4.78 is 22.6. The number of aliphatic hydroxyl groups excluding tert-OH is 4. The van der Waals surface area contributed by atoms with E-state index in [4.69, 9.17) is 18.9 Å². The van der Waals surface area contributed by atoms with Gasteiger partial charge in [-0.1, -0.05) is 116 Å². The Morgan fingerprint density at radius 3 is 1.84 bits per heavy atom. The molecule has 6 unspecified atom stereocenters. The van der Waals surface area contributed by atoms with E-state index in [1.807, 2.05) is 0 Å². The summed E-state index contributed by atoms with van der Waals surface area (Å²) in [4.78, 5) is 12.6. The molecule has 266 valence electrons. The molecule has 9 heteroatoms. The van der Waals surface area contributed by atoms with Crippen molar-refractivity contribution in [2.75, 3.05) is 26.4 Å². The third-order valence-corrected chi connectivity index (χ3v) is 8.43. The Kier molecular flexibility index (Phi) is 27.1. The van der Waals surface area contributed by atoms with E-state index >= 15 is 0 Å². The van der Waals surface area contributed by atoms with Crippen molar-refractivity contribution in [2.45, 2.75) is 185 Å². The number of hydrogen-bond acceptors (Lipinski definition) is 9. The summed E-state index contributed by atoms with van der Waals surface area (Å²) in [5.41, 5.74) is 0. The summed E-state index contributed by atoms with van der Waals surface area (Å²) in [6.45, 7) is 4.50. The van der Waals surface area contributed by atoms with Gasteiger partial charge in [0.2, 0.25) is 0 Å². The van der Waals surface area contributed by atoms with Crippen LogP contribution in [-0.4, -0.2) is 89.6 Å². The van der Waals surface area contributed by atoms with Crippen LogP contribution in [0.5, 0.6) is 0 Å². The monoisotopic (exact) mass is 644 g/mol. The van der Waals surface area contributed by atoms with Gasteiger partial charge in [-0.05, 0) is 38.5 Å². The van der Waals surface area contributed by atoms with Crippen LogP contribution >= 0.6 is 0 Å². The summed E-state index contributed by atoms with van der Waals surface area (Å²) in [6.07, 6.45) is 20.9. The molecular weight excluding hydrogens is 576 g/mol. The van der Waals surface area contributed by atoms with Crippen molar-refractivity contribution in [3.05, 3.63) is 12.2 Å². The Morgan fingerprint density at radius 1 is 0.689 bits per heavy atom. The molecule has 4 N–H and O–H groups in total. The molecule has 0 aromatic rings. The number of carbonyl (C=O) groups excluding carboxylic acids is 1. The van der Waals surface area contributed by atoms with E-state index in [2.05, 4.69) is 26.0 Å². The van der Waals surface area contributed by atoms with Crippen molar-refractivity contribution in [1.29, 1.82) is 0 Å². The minimum absolute atomic E-state index is 0.113. The fourth-order valence-corrected chi connectivity index (χ4v) is 5.48. The van der Waals surface area contributed by atoms with Crippen LogP contribution in [0.3, 0.4) is 0 Å². The molecule has 0 saturated carbocycles. The molecule has 0 bridgehead atoms. The Bertz CT molecular complexity index is 702. The highest BCUT2D eigenvalue weighted by atomic mass is 16.7. The van der Waals surface area contributed by atoms with Gasteiger partial charge in [-0.2, -0.15) is 0 Å². The smallest absolute Gasteiger partial charge is 0.306 e. The number of ether oxygens (including phenoxy) is 4. The van der Waals surface area contributed by atoms with Gasteiger partial charge in [-0.3, -0.25) is 4.79 Å². The van der Waals surface area contributed by atoms with E-state index in [1.54, 1.807) is 0 Å². The molecule has 0 aromatic heterocycles. The van der Waals surface area contributed by atoms with Crippen LogP contribution in [0, 0.1) is 0 Å².